The maximum Gasteiger partial charge on any atom is 0.131 e. The highest BCUT2D eigenvalue weighted by Gasteiger charge is 2.26. The number of anilines is 1. The van der Waals surface area contributed by atoms with Crippen LogP contribution in [0.25, 0.3) is 16.6 Å². The fourth-order valence-corrected chi connectivity index (χ4v) is 3.65. The van der Waals surface area contributed by atoms with Crippen LogP contribution in [-0.4, -0.2) is 38.8 Å². The Morgan fingerprint density at radius 2 is 2.17 bits per heavy atom. The lowest BCUT2D eigenvalue weighted by atomic mass is 10.1. The normalized spacial score (nSPS) is 17.8. The van der Waals surface area contributed by atoms with Gasteiger partial charge in [-0.15, -0.1) is 0 Å². The molecular weight excluding hydrogens is 347 g/mol. The van der Waals surface area contributed by atoms with Gasteiger partial charge in [-0.1, -0.05) is 23.2 Å². The number of imidazole rings is 1. The molecule has 5 nitrogen and oxygen atoms in total. The van der Waals surface area contributed by atoms with Gasteiger partial charge in [-0.05, 0) is 25.0 Å². The first-order valence-electron chi connectivity index (χ1n) is 7.83. The summed E-state index contributed by atoms with van der Waals surface area (Å²) >= 11 is 12.6. The highest BCUT2D eigenvalue weighted by atomic mass is 35.5. The Morgan fingerprint density at radius 3 is 2.92 bits per heavy atom. The SMILES string of the molecule is OC[C@H]1CCCN1c1cc(-n2ccnc2)c2ccc(Cl)c(Cl)c2n1. The third kappa shape index (κ3) is 2.53. The average molecular weight is 363 g/mol. The maximum absolute atomic E-state index is 9.63. The molecule has 1 N–H and O–H groups in total. The van der Waals surface area contributed by atoms with Crippen LogP contribution >= 0.6 is 23.2 Å². The van der Waals surface area contributed by atoms with E-state index in [1.54, 1.807) is 18.6 Å². The molecule has 1 aliphatic rings. The standard InChI is InChI=1S/C17H16Cl2N4O/c18-13-4-3-12-14(22-7-5-20-10-22)8-15(21-17(12)16(13)19)23-6-1-2-11(23)9-24/h3-5,7-8,10-11,24H,1-2,6,9H2/t11-/m1/s1. The molecule has 4 rings (SSSR count). The molecule has 24 heavy (non-hydrogen) atoms. The van der Waals surface area contributed by atoms with E-state index in [-0.39, 0.29) is 12.6 Å². The number of halogens is 2. The number of rotatable bonds is 3. The molecule has 0 bridgehead atoms. The molecule has 1 atom stereocenters. The molecule has 0 amide bonds. The number of pyridine rings is 1. The topological polar surface area (TPSA) is 54.2 Å². The average Bonchev–Trinajstić information content (AvgIpc) is 3.28. The quantitative estimate of drug-likeness (QED) is 0.771. The molecule has 1 aliphatic heterocycles. The molecule has 124 valence electrons. The van der Waals surface area contributed by atoms with Crippen LogP contribution in [0.2, 0.25) is 10.0 Å². The summed E-state index contributed by atoms with van der Waals surface area (Å²) in [5.41, 5.74) is 1.60. The van der Waals surface area contributed by atoms with Crippen molar-refractivity contribution in [3.05, 3.63) is 47.0 Å². The van der Waals surface area contributed by atoms with Crippen molar-refractivity contribution in [3.8, 4) is 5.69 Å². The van der Waals surface area contributed by atoms with Crippen molar-refractivity contribution in [2.75, 3.05) is 18.1 Å². The van der Waals surface area contributed by atoms with Crippen LogP contribution in [-0.2, 0) is 0 Å². The highest BCUT2D eigenvalue weighted by molar-refractivity contribution is 6.45. The molecule has 0 radical (unpaired) electrons. The summed E-state index contributed by atoms with van der Waals surface area (Å²) in [6.45, 7) is 0.981. The number of fused-ring (bicyclic) bond motifs is 1. The maximum atomic E-state index is 9.63. The fourth-order valence-electron chi connectivity index (χ4n) is 3.29. The predicted molar refractivity (Wildman–Crippen MR) is 96.3 cm³/mol. The van der Waals surface area contributed by atoms with Crippen LogP contribution in [0.1, 0.15) is 12.8 Å². The number of aromatic nitrogens is 3. The number of benzene rings is 1. The molecule has 1 fully saturated rings. The van der Waals surface area contributed by atoms with E-state index >= 15 is 0 Å². The van der Waals surface area contributed by atoms with Crippen molar-refractivity contribution >= 4 is 39.9 Å². The van der Waals surface area contributed by atoms with Gasteiger partial charge in [-0.3, -0.25) is 0 Å². The van der Waals surface area contributed by atoms with Crippen molar-refractivity contribution < 1.29 is 5.11 Å². The van der Waals surface area contributed by atoms with Crippen LogP contribution in [0, 0.1) is 0 Å². The fraction of sp³-hybridized carbons (Fsp3) is 0.294. The monoisotopic (exact) mass is 362 g/mol. The second-order valence-corrected chi connectivity index (χ2v) is 6.68. The Hall–Kier alpha value is -1.82. The van der Waals surface area contributed by atoms with Gasteiger partial charge in [0.1, 0.15) is 5.82 Å². The van der Waals surface area contributed by atoms with Gasteiger partial charge >= 0.3 is 0 Å². The van der Waals surface area contributed by atoms with Gasteiger partial charge in [-0.25, -0.2) is 9.97 Å². The van der Waals surface area contributed by atoms with E-state index in [9.17, 15) is 5.11 Å². The minimum Gasteiger partial charge on any atom is -0.394 e. The van der Waals surface area contributed by atoms with Gasteiger partial charge in [-0.2, -0.15) is 0 Å². The predicted octanol–water partition coefficient (Wildman–Crippen LogP) is 3.69. The zero-order chi connectivity index (χ0) is 16.7. The summed E-state index contributed by atoms with van der Waals surface area (Å²) in [5, 5.41) is 11.5. The molecule has 2 aromatic heterocycles. The molecule has 3 heterocycles. The summed E-state index contributed by atoms with van der Waals surface area (Å²) in [5.74, 6) is 0.798. The first-order chi connectivity index (χ1) is 11.7. The Labute approximate surface area is 149 Å². The van der Waals surface area contributed by atoms with E-state index in [1.165, 1.54) is 0 Å². The van der Waals surface area contributed by atoms with Crippen LogP contribution < -0.4 is 4.90 Å². The molecule has 0 unspecified atom stereocenters. The van der Waals surface area contributed by atoms with Crippen molar-refractivity contribution in [3.63, 3.8) is 0 Å². The van der Waals surface area contributed by atoms with Crippen molar-refractivity contribution in [1.82, 2.24) is 14.5 Å². The number of aliphatic hydroxyl groups is 1. The molecule has 0 aliphatic carbocycles. The Kier molecular flexibility index (Phi) is 4.08. The zero-order valence-electron chi connectivity index (χ0n) is 12.9. The van der Waals surface area contributed by atoms with E-state index in [4.69, 9.17) is 28.2 Å². The van der Waals surface area contributed by atoms with Crippen LogP contribution in [0.5, 0.6) is 0 Å². The molecule has 0 spiro atoms. The van der Waals surface area contributed by atoms with Crippen molar-refractivity contribution in [2.45, 2.75) is 18.9 Å². The Morgan fingerprint density at radius 1 is 1.29 bits per heavy atom. The molecule has 7 heteroatoms. The summed E-state index contributed by atoms with van der Waals surface area (Å²) < 4.78 is 1.93. The second kappa shape index (κ2) is 6.24. The molecule has 1 aromatic carbocycles. The molecule has 0 saturated carbocycles. The van der Waals surface area contributed by atoms with Crippen LogP contribution in [0.15, 0.2) is 36.9 Å². The minimum absolute atomic E-state index is 0.0866. The molecule has 1 saturated heterocycles. The third-order valence-electron chi connectivity index (χ3n) is 4.50. The first kappa shape index (κ1) is 15.7. The van der Waals surface area contributed by atoms with E-state index < -0.39 is 0 Å². The number of hydrogen-bond donors (Lipinski definition) is 1. The van der Waals surface area contributed by atoms with E-state index in [1.807, 2.05) is 22.9 Å². The lowest BCUT2D eigenvalue weighted by Gasteiger charge is -2.25. The van der Waals surface area contributed by atoms with Gasteiger partial charge in [0.25, 0.3) is 0 Å². The largest absolute Gasteiger partial charge is 0.394 e. The van der Waals surface area contributed by atoms with Crippen molar-refractivity contribution in [2.24, 2.45) is 0 Å². The minimum atomic E-state index is 0.0866. The van der Waals surface area contributed by atoms with Crippen LogP contribution in [0.3, 0.4) is 0 Å². The molecular formula is C17H16Cl2N4O. The van der Waals surface area contributed by atoms with Crippen LogP contribution in [0.4, 0.5) is 5.82 Å². The summed E-state index contributed by atoms with van der Waals surface area (Å²) in [6.07, 6.45) is 7.35. The third-order valence-corrected chi connectivity index (χ3v) is 5.30. The second-order valence-electron chi connectivity index (χ2n) is 5.90. The lowest BCUT2D eigenvalue weighted by molar-refractivity contribution is 0.266. The highest BCUT2D eigenvalue weighted by Crippen LogP contribution is 2.36. The Balaban J connectivity index is 1.97. The smallest absolute Gasteiger partial charge is 0.131 e. The van der Waals surface area contributed by atoms with Crippen molar-refractivity contribution in [1.29, 1.82) is 0 Å². The summed E-state index contributed by atoms with van der Waals surface area (Å²) in [7, 11) is 0. The first-order valence-corrected chi connectivity index (χ1v) is 8.59. The molecule has 3 aromatic rings. The van der Waals surface area contributed by atoms with Gasteiger partial charge in [0, 0.05) is 30.4 Å². The number of nitrogens with zero attached hydrogens (tertiary/aromatic N) is 4. The van der Waals surface area contributed by atoms with Gasteiger partial charge in [0.2, 0.25) is 0 Å². The van der Waals surface area contributed by atoms with E-state index in [0.717, 1.165) is 36.3 Å². The van der Waals surface area contributed by atoms with E-state index in [2.05, 4.69) is 9.88 Å². The van der Waals surface area contributed by atoms with E-state index in [0.29, 0.717) is 15.6 Å². The van der Waals surface area contributed by atoms with Gasteiger partial charge < -0.3 is 14.6 Å². The lowest BCUT2D eigenvalue weighted by Crippen LogP contribution is -2.32. The number of hydrogen-bond acceptors (Lipinski definition) is 4. The van der Waals surface area contributed by atoms with Gasteiger partial charge in [0.15, 0.2) is 0 Å². The van der Waals surface area contributed by atoms with Gasteiger partial charge in [0.05, 0.1) is 40.2 Å². The Bertz CT molecular complexity index is 882. The summed E-state index contributed by atoms with van der Waals surface area (Å²) in [6, 6.07) is 5.80. The summed E-state index contributed by atoms with van der Waals surface area (Å²) in [4.78, 5) is 11.0. The number of aliphatic hydroxyl groups excluding tert-OH is 1. The zero-order valence-corrected chi connectivity index (χ0v) is 14.4.